The number of nitrogens with zero attached hydrogens (tertiary/aromatic N) is 5. The molecule has 10 nitrogen and oxygen atoms in total. The zero-order valence-electron chi connectivity index (χ0n) is 19.0. The molecule has 11 heteroatoms. The third-order valence-corrected chi connectivity index (χ3v) is 6.25. The van der Waals surface area contributed by atoms with Crippen LogP contribution in [-0.4, -0.2) is 87.2 Å². The molecule has 4 rings (SSSR count). The number of piperazine rings is 1. The second-order valence-electron chi connectivity index (χ2n) is 8.69. The van der Waals surface area contributed by atoms with Crippen molar-refractivity contribution in [1.29, 1.82) is 0 Å². The van der Waals surface area contributed by atoms with Crippen LogP contribution in [0.5, 0.6) is 5.75 Å². The van der Waals surface area contributed by atoms with E-state index in [0.29, 0.717) is 19.6 Å². The Balaban J connectivity index is 1.68. The standard InChI is InChI=1S/C23H26FN5O5/c1-26(2)22(33)23(34)28-11-9-27-10-12-29-20(16(28)13-27)25-18(19(31)21(29)32)17(30)8-5-14-3-6-15(24)7-4-14/h3-4,6-7,16,31H,5,8-13H2,1-2H3. The number of rotatable bonds is 4. The molecule has 2 bridgehead atoms. The molecule has 2 aromatic rings. The highest BCUT2D eigenvalue weighted by Crippen LogP contribution is 2.28. The van der Waals surface area contributed by atoms with E-state index in [1.165, 1.54) is 40.6 Å². The summed E-state index contributed by atoms with van der Waals surface area (Å²) in [5.74, 6) is -2.89. The van der Waals surface area contributed by atoms with E-state index in [1.54, 1.807) is 12.1 Å². The van der Waals surface area contributed by atoms with Crippen molar-refractivity contribution in [2.24, 2.45) is 0 Å². The molecule has 3 heterocycles. The summed E-state index contributed by atoms with van der Waals surface area (Å²) < 4.78 is 14.4. The van der Waals surface area contributed by atoms with Gasteiger partial charge in [-0.3, -0.25) is 28.6 Å². The Hall–Kier alpha value is -3.60. The normalized spacial score (nSPS) is 19.2. The highest BCUT2D eigenvalue weighted by molar-refractivity contribution is 6.34. The lowest BCUT2D eigenvalue weighted by molar-refractivity contribution is -0.153. The minimum atomic E-state index is -0.754. The van der Waals surface area contributed by atoms with Crippen molar-refractivity contribution in [3.8, 4) is 5.75 Å². The lowest BCUT2D eigenvalue weighted by Gasteiger charge is -2.39. The van der Waals surface area contributed by atoms with Crippen LogP contribution in [0.2, 0.25) is 0 Å². The van der Waals surface area contributed by atoms with Gasteiger partial charge in [-0.05, 0) is 24.1 Å². The molecule has 2 atom stereocenters. The van der Waals surface area contributed by atoms with Gasteiger partial charge >= 0.3 is 11.8 Å². The molecular weight excluding hydrogens is 445 g/mol. The minimum absolute atomic E-state index is 0.0480. The Labute approximate surface area is 195 Å². The monoisotopic (exact) mass is 471 g/mol. The predicted molar refractivity (Wildman–Crippen MR) is 119 cm³/mol. The summed E-state index contributed by atoms with van der Waals surface area (Å²) in [6.45, 7) is 1.90. The maximum absolute atomic E-state index is 13.1. The van der Waals surface area contributed by atoms with Gasteiger partial charge in [-0.1, -0.05) is 12.1 Å². The van der Waals surface area contributed by atoms with E-state index in [9.17, 15) is 28.7 Å². The molecule has 1 saturated heterocycles. The van der Waals surface area contributed by atoms with Crippen molar-refractivity contribution in [2.45, 2.75) is 25.4 Å². The summed E-state index contributed by atoms with van der Waals surface area (Å²) in [4.78, 5) is 60.1. The third kappa shape index (κ3) is 4.43. The van der Waals surface area contributed by atoms with E-state index >= 15 is 0 Å². The number of fused-ring (bicyclic) bond motifs is 4. The second-order valence-corrected chi connectivity index (χ2v) is 8.69. The van der Waals surface area contributed by atoms with Gasteiger partial charge in [0.1, 0.15) is 17.7 Å². The van der Waals surface area contributed by atoms with E-state index in [0.717, 1.165) is 5.56 Å². The summed E-state index contributed by atoms with van der Waals surface area (Å²) in [5, 5.41) is 10.5. The lowest BCUT2D eigenvalue weighted by Crippen LogP contribution is -2.53. The number of hydrogen-bond acceptors (Lipinski definition) is 7. The molecule has 0 aliphatic carbocycles. The van der Waals surface area contributed by atoms with Crippen LogP contribution in [0, 0.1) is 5.82 Å². The highest BCUT2D eigenvalue weighted by Gasteiger charge is 2.40. The smallest absolute Gasteiger partial charge is 0.312 e. The first-order valence-electron chi connectivity index (χ1n) is 11.0. The Morgan fingerprint density at radius 1 is 1.12 bits per heavy atom. The van der Waals surface area contributed by atoms with Crippen LogP contribution >= 0.6 is 0 Å². The van der Waals surface area contributed by atoms with Gasteiger partial charge in [0, 0.05) is 53.2 Å². The Morgan fingerprint density at radius 3 is 2.47 bits per heavy atom. The van der Waals surface area contributed by atoms with Gasteiger partial charge in [-0.25, -0.2) is 9.37 Å². The SMILES string of the molecule is CN(C)C(=O)C(=O)N1CCN2CCn3c(nc(C(=O)CCc4ccc(F)cc4)c(O)c3=O)C1C2. The van der Waals surface area contributed by atoms with Gasteiger partial charge in [0.25, 0.3) is 5.56 Å². The molecule has 180 valence electrons. The van der Waals surface area contributed by atoms with E-state index in [2.05, 4.69) is 9.88 Å². The molecule has 2 aliphatic rings. The van der Waals surface area contributed by atoms with Crippen LogP contribution in [0.25, 0.3) is 0 Å². The quantitative estimate of drug-likeness (QED) is 0.500. The number of amides is 2. The molecule has 0 radical (unpaired) electrons. The van der Waals surface area contributed by atoms with Crippen LogP contribution in [0.4, 0.5) is 4.39 Å². The molecular formula is C23H26FN5O5. The second kappa shape index (κ2) is 9.34. The van der Waals surface area contributed by atoms with Crippen molar-refractivity contribution >= 4 is 17.6 Å². The summed E-state index contributed by atoms with van der Waals surface area (Å²) in [5.41, 5.74) is -0.387. The first-order valence-corrected chi connectivity index (χ1v) is 11.0. The average Bonchev–Trinajstić information content (AvgIpc) is 2.96. The summed E-state index contributed by atoms with van der Waals surface area (Å²) in [7, 11) is 2.96. The maximum atomic E-state index is 13.1. The number of aromatic nitrogens is 2. The van der Waals surface area contributed by atoms with Crippen molar-refractivity contribution in [3.63, 3.8) is 0 Å². The number of aryl methyl sites for hydroxylation is 1. The first kappa shape index (κ1) is 23.6. The molecule has 34 heavy (non-hydrogen) atoms. The zero-order valence-corrected chi connectivity index (χ0v) is 19.0. The van der Waals surface area contributed by atoms with E-state index < -0.39 is 34.9 Å². The van der Waals surface area contributed by atoms with Gasteiger partial charge in [-0.2, -0.15) is 0 Å². The van der Waals surface area contributed by atoms with Crippen LogP contribution in [0.1, 0.15) is 34.3 Å². The van der Waals surface area contributed by atoms with Crippen LogP contribution in [0.15, 0.2) is 29.1 Å². The molecule has 0 saturated carbocycles. The summed E-state index contributed by atoms with van der Waals surface area (Å²) >= 11 is 0. The number of carbonyl (C=O) groups excluding carboxylic acids is 3. The van der Waals surface area contributed by atoms with Crippen molar-refractivity contribution < 1.29 is 23.9 Å². The van der Waals surface area contributed by atoms with Crippen LogP contribution in [0.3, 0.4) is 0 Å². The van der Waals surface area contributed by atoms with E-state index in [1.807, 2.05) is 0 Å². The maximum Gasteiger partial charge on any atom is 0.312 e. The zero-order chi connectivity index (χ0) is 24.6. The van der Waals surface area contributed by atoms with Crippen molar-refractivity contribution in [2.75, 3.05) is 40.3 Å². The number of likely N-dealkylation sites (N-methyl/N-ethyl adjacent to an activating group) is 1. The molecule has 0 spiro atoms. The number of hydrogen-bond donors (Lipinski definition) is 1. The number of benzene rings is 1. The average molecular weight is 471 g/mol. The molecule has 1 aromatic heterocycles. The molecule has 2 amide bonds. The van der Waals surface area contributed by atoms with Gasteiger partial charge in [-0.15, -0.1) is 0 Å². The molecule has 2 aliphatic heterocycles. The first-order chi connectivity index (χ1) is 16.2. The molecule has 2 unspecified atom stereocenters. The third-order valence-electron chi connectivity index (χ3n) is 6.25. The fourth-order valence-electron chi connectivity index (χ4n) is 4.32. The largest absolute Gasteiger partial charge is 0.501 e. The molecule has 1 fully saturated rings. The number of carbonyl (C=O) groups is 3. The summed E-state index contributed by atoms with van der Waals surface area (Å²) in [6, 6.07) is 4.98. The van der Waals surface area contributed by atoms with Gasteiger partial charge in [0.15, 0.2) is 11.5 Å². The van der Waals surface area contributed by atoms with Crippen molar-refractivity contribution in [3.05, 3.63) is 57.5 Å². The Morgan fingerprint density at radius 2 is 1.79 bits per heavy atom. The number of ketones is 1. The fraction of sp³-hybridized carbons (Fsp3) is 0.435. The van der Waals surface area contributed by atoms with Gasteiger partial charge < -0.3 is 14.9 Å². The Bertz CT molecular complexity index is 1190. The summed E-state index contributed by atoms with van der Waals surface area (Å²) in [6.07, 6.45) is 0.228. The topological polar surface area (TPSA) is 116 Å². The Kier molecular flexibility index (Phi) is 6.47. The van der Waals surface area contributed by atoms with E-state index in [-0.39, 0.29) is 43.3 Å². The highest BCUT2D eigenvalue weighted by atomic mass is 19.1. The molecule has 1 N–H and O–H groups in total. The lowest BCUT2D eigenvalue weighted by atomic mass is 10.0. The minimum Gasteiger partial charge on any atom is -0.501 e. The number of halogens is 1. The van der Waals surface area contributed by atoms with Gasteiger partial charge in [0.2, 0.25) is 5.75 Å². The van der Waals surface area contributed by atoms with Crippen LogP contribution in [-0.2, 0) is 22.6 Å². The number of aromatic hydroxyl groups is 1. The van der Waals surface area contributed by atoms with Crippen LogP contribution < -0.4 is 5.56 Å². The van der Waals surface area contributed by atoms with Gasteiger partial charge in [0.05, 0.1) is 0 Å². The fourth-order valence-corrected chi connectivity index (χ4v) is 4.32. The number of Topliss-reactive ketones (excluding diaryl/α,β-unsaturated/α-hetero) is 1. The molecule has 1 aromatic carbocycles. The predicted octanol–water partition coefficient (Wildman–Crippen LogP) is 0.191. The van der Waals surface area contributed by atoms with E-state index in [4.69, 9.17) is 0 Å². The van der Waals surface area contributed by atoms with Crippen molar-refractivity contribution in [1.82, 2.24) is 24.3 Å².